The summed E-state index contributed by atoms with van der Waals surface area (Å²) in [4.78, 5) is 42.4. The van der Waals surface area contributed by atoms with Crippen molar-refractivity contribution in [3.63, 3.8) is 0 Å². The van der Waals surface area contributed by atoms with Crippen molar-refractivity contribution >= 4 is 23.0 Å². The van der Waals surface area contributed by atoms with E-state index in [4.69, 9.17) is 9.15 Å². The van der Waals surface area contributed by atoms with E-state index in [1.165, 1.54) is 0 Å². The van der Waals surface area contributed by atoms with Gasteiger partial charge in [0.2, 0.25) is 0 Å². The number of para-hydroxylation sites is 1. The Labute approximate surface area is 198 Å². The Morgan fingerprint density at radius 2 is 1.68 bits per heavy atom. The van der Waals surface area contributed by atoms with Gasteiger partial charge in [-0.15, -0.1) is 0 Å². The first kappa shape index (κ1) is 23.5. The van der Waals surface area contributed by atoms with Gasteiger partial charge in [0.15, 0.2) is 11.0 Å². The average molecular weight is 463 g/mol. The Hall–Kier alpha value is -3.61. The maximum absolute atomic E-state index is 13.5. The van der Waals surface area contributed by atoms with Crippen molar-refractivity contribution in [3.05, 3.63) is 69.9 Å². The summed E-state index contributed by atoms with van der Waals surface area (Å²) in [7, 11) is 0. The summed E-state index contributed by atoms with van der Waals surface area (Å²) in [5.41, 5.74) is 1.78. The lowest BCUT2D eigenvalue weighted by molar-refractivity contribution is 0.0747. The number of hydrogen-bond acceptors (Lipinski definition) is 5. The van der Waals surface area contributed by atoms with Crippen LogP contribution in [0.15, 0.2) is 57.7 Å². The first-order valence-electron chi connectivity index (χ1n) is 11.7. The van der Waals surface area contributed by atoms with Crippen LogP contribution in [0.4, 0.5) is 4.79 Å². The van der Waals surface area contributed by atoms with Crippen LogP contribution >= 0.6 is 0 Å². The molecule has 2 aromatic carbocycles. The van der Waals surface area contributed by atoms with Crippen molar-refractivity contribution in [2.24, 2.45) is 5.92 Å². The molecular formula is C27H30N2O5. The van der Waals surface area contributed by atoms with Gasteiger partial charge in [-0.2, -0.15) is 0 Å². The molecule has 0 aliphatic carbocycles. The van der Waals surface area contributed by atoms with Gasteiger partial charge in [-0.3, -0.25) is 9.59 Å². The highest BCUT2D eigenvalue weighted by Gasteiger charge is 2.26. The van der Waals surface area contributed by atoms with Crippen molar-refractivity contribution in [1.29, 1.82) is 0 Å². The minimum absolute atomic E-state index is 0.148. The summed E-state index contributed by atoms with van der Waals surface area (Å²) in [5.74, 6) is 0.515. The Morgan fingerprint density at radius 3 is 2.41 bits per heavy atom. The Kier molecular flexibility index (Phi) is 7.01. The number of benzene rings is 2. The van der Waals surface area contributed by atoms with Gasteiger partial charge in [-0.1, -0.05) is 50.2 Å². The zero-order chi connectivity index (χ0) is 24.2. The van der Waals surface area contributed by atoms with Crippen LogP contribution in [-0.4, -0.2) is 54.6 Å². The summed E-state index contributed by atoms with van der Waals surface area (Å²) in [6, 6.07) is 14.5. The van der Waals surface area contributed by atoms with Gasteiger partial charge in [0.05, 0.1) is 17.6 Å². The van der Waals surface area contributed by atoms with Crippen molar-refractivity contribution in [1.82, 2.24) is 9.80 Å². The molecule has 3 aromatic rings. The molecule has 1 saturated heterocycles. The number of carbonyl (C=O) groups excluding carboxylic acids is 2. The molecule has 0 spiro atoms. The molecule has 1 aromatic heterocycles. The lowest BCUT2D eigenvalue weighted by Crippen LogP contribution is -2.38. The molecule has 178 valence electrons. The van der Waals surface area contributed by atoms with Gasteiger partial charge in [0, 0.05) is 37.3 Å². The normalized spacial score (nSPS) is 14.4. The minimum Gasteiger partial charge on any atom is -0.455 e. The van der Waals surface area contributed by atoms with E-state index in [-0.39, 0.29) is 23.3 Å². The monoisotopic (exact) mass is 462 g/mol. The molecule has 1 fully saturated rings. The third-order valence-electron chi connectivity index (χ3n) is 5.99. The highest BCUT2D eigenvalue weighted by Crippen LogP contribution is 2.28. The second kappa shape index (κ2) is 10.1. The predicted octanol–water partition coefficient (Wildman–Crippen LogP) is 4.71. The van der Waals surface area contributed by atoms with Gasteiger partial charge in [0.1, 0.15) is 5.76 Å². The summed E-state index contributed by atoms with van der Waals surface area (Å²) >= 11 is 0. The zero-order valence-corrected chi connectivity index (χ0v) is 19.9. The van der Waals surface area contributed by atoms with Gasteiger partial charge in [-0.05, 0) is 31.4 Å². The van der Waals surface area contributed by atoms with E-state index in [2.05, 4.69) is 0 Å². The van der Waals surface area contributed by atoms with E-state index >= 15 is 0 Å². The smallest absolute Gasteiger partial charge is 0.409 e. The molecule has 7 nitrogen and oxygen atoms in total. The van der Waals surface area contributed by atoms with E-state index in [9.17, 15) is 14.4 Å². The maximum atomic E-state index is 13.5. The number of rotatable bonds is 4. The van der Waals surface area contributed by atoms with Crippen LogP contribution in [0.25, 0.3) is 22.3 Å². The molecule has 4 rings (SSSR count). The van der Waals surface area contributed by atoms with Crippen LogP contribution in [0.3, 0.4) is 0 Å². The number of fused-ring (bicyclic) bond motifs is 1. The number of amides is 2. The molecule has 0 radical (unpaired) electrons. The number of hydrogen-bond donors (Lipinski definition) is 0. The van der Waals surface area contributed by atoms with Crippen LogP contribution in [-0.2, 0) is 4.74 Å². The molecule has 0 atom stereocenters. The first-order chi connectivity index (χ1) is 16.4. The first-order valence-corrected chi connectivity index (χ1v) is 11.7. The highest BCUT2D eigenvalue weighted by atomic mass is 16.6. The lowest BCUT2D eigenvalue weighted by atomic mass is 10.0. The maximum Gasteiger partial charge on any atom is 0.409 e. The molecule has 2 amide bonds. The van der Waals surface area contributed by atoms with E-state index < -0.39 is 0 Å². The summed E-state index contributed by atoms with van der Waals surface area (Å²) in [6.07, 6.45) is 0.299. The number of carbonyl (C=O) groups is 2. The lowest BCUT2D eigenvalue weighted by Gasteiger charge is -2.22. The van der Waals surface area contributed by atoms with Gasteiger partial charge in [0.25, 0.3) is 5.91 Å². The standard InChI is InChI=1S/C27H30N2O5/c1-18(2)17-33-27(32)29-14-8-13-28(15-16-29)26(31)22-12-7-11-21-23(30)19(3)24(34-25(21)22)20-9-5-4-6-10-20/h4-7,9-12,18H,8,13-17H2,1-3H3. The second-order valence-electron chi connectivity index (χ2n) is 9.04. The van der Waals surface area contributed by atoms with Crippen LogP contribution < -0.4 is 5.43 Å². The van der Waals surface area contributed by atoms with Crippen LogP contribution in [0, 0.1) is 12.8 Å². The van der Waals surface area contributed by atoms with E-state index in [0.717, 1.165) is 5.56 Å². The van der Waals surface area contributed by atoms with Crippen LogP contribution in [0.2, 0.25) is 0 Å². The van der Waals surface area contributed by atoms with Crippen LogP contribution in [0.5, 0.6) is 0 Å². The van der Waals surface area contributed by atoms with Crippen LogP contribution in [0.1, 0.15) is 36.2 Å². The molecule has 1 aliphatic rings. The minimum atomic E-state index is -0.345. The number of ether oxygens (including phenoxy) is 1. The third-order valence-corrected chi connectivity index (χ3v) is 5.99. The molecule has 1 aliphatic heterocycles. The molecule has 34 heavy (non-hydrogen) atoms. The van der Waals surface area contributed by atoms with Crippen molar-refractivity contribution < 1.29 is 18.7 Å². The SMILES string of the molecule is Cc1c(-c2ccccc2)oc2c(C(=O)N3CCCN(C(=O)OCC(C)C)CC3)cccc2c1=O. The summed E-state index contributed by atoms with van der Waals surface area (Å²) < 4.78 is 11.6. The zero-order valence-electron chi connectivity index (χ0n) is 19.9. The molecule has 0 saturated carbocycles. The average Bonchev–Trinajstić information content (AvgIpc) is 3.11. The summed E-state index contributed by atoms with van der Waals surface area (Å²) in [5, 5.41) is 0.386. The number of nitrogens with zero attached hydrogens (tertiary/aromatic N) is 2. The Bertz CT molecular complexity index is 1250. The van der Waals surface area contributed by atoms with Gasteiger partial charge in [-0.25, -0.2) is 4.79 Å². The fourth-order valence-electron chi connectivity index (χ4n) is 4.15. The molecule has 2 heterocycles. The fourth-order valence-corrected chi connectivity index (χ4v) is 4.15. The van der Waals surface area contributed by atoms with Crippen molar-refractivity contribution in [2.45, 2.75) is 27.2 Å². The molecule has 0 unspecified atom stereocenters. The quantitative estimate of drug-likeness (QED) is 0.561. The van der Waals surface area contributed by atoms with Crippen molar-refractivity contribution in [2.75, 3.05) is 32.8 Å². The topological polar surface area (TPSA) is 80.1 Å². The van der Waals surface area contributed by atoms with E-state index in [1.807, 2.05) is 44.2 Å². The van der Waals surface area contributed by atoms with Gasteiger partial charge >= 0.3 is 6.09 Å². The van der Waals surface area contributed by atoms with Crippen molar-refractivity contribution in [3.8, 4) is 11.3 Å². The Morgan fingerprint density at radius 1 is 0.971 bits per heavy atom. The predicted molar refractivity (Wildman–Crippen MR) is 131 cm³/mol. The largest absolute Gasteiger partial charge is 0.455 e. The summed E-state index contributed by atoms with van der Waals surface area (Å²) in [6.45, 7) is 7.90. The molecule has 0 N–H and O–H groups in total. The van der Waals surface area contributed by atoms with E-state index in [0.29, 0.717) is 67.1 Å². The molecule has 0 bridgehead atoms. The second-order valence-corrected chi connectivity index (χ2v) is 9.04. The van der Waals surface area contributed by atoms with Gasteiger partial charge < -0.3 is 19.0 Å². The van der Waals surface area contributed by atoms with E-state index in [1.54, 1.807) is 34.9 Å². The fraction of sp³-hybridized carbons (Fsp3) is 0.370. The molecular weight excluding hydrogens is 432 g/mol. The third kappa shape index (κ3) is 4.83. The Balaban J connectivity index is 1.62. The highest BCUT2D eigenvalue weighted by molar-refractivity contribution is 6.05. The molecule has 7 heteroatoms.